The first kappa shape index (κ1) is 14.3. The van der Waals surface area contributed by atoms with Gasteiger partial charge < -0.3 is 15.7 Å². The molecule has 1 heterocycles. The monoisotopic (exact) mass is 283 g/mol. The van der Waals surface area contributed by atoms with Gasteiger partial charge in [-0.25, -0.2) is 4.98 Å². The molecule has 0 spiro atoms. The number of carbonyl (C=O) groups is 2. The van der Waals surface area contributed by atoms with Crippen molar-refractivity contribution in [2.75, 3.05) is 18.0 Å². The number of aromatic nitrogens is 1. The molecule has 0 aliphatic heterocycles. The van der Waals surface area contributed by atoms with E-state index in [9.17, 15) is 9.59 Å². The number of rotatable bonds is 5. The molecule has 0 unspecified atom stereocenters. The minimum absolute atomic E-state index is 0.0653. The van der Waals surface area contributed by atoms with Crippen molar-refractivity contribution in [1.29, 1.82) is 0 Å². The first-order valence-electron chi connectivity index (χ1n) is 6.12. The topological polar surface area (TPSA) is 96.5 Å². The smallest absolute Gasteiger partial charge is 0.323 e. The number of carboxylic acids is 1. The van der Waals surface area contributed by atoms with E-state index in [2.05, 4.69) is 10.9 Å². The van der Waals surface area contributed by atoms with Gasteiger partial charge in [-0.05, 0) is 12.1 Å². The van der Waals surface area contributed by atoms with Gasteiger partial charge in [-0.2, -0.15) is 0 Å². The molecular weight excluding hydrogens is 270 g/mol. The summed E-state index contributed by atoms with van der Waals surface area (Å²) < 4.78 is 0. The van der Waals surface area contributed by atoms with Crippen LogP contribution in [0.15, 0.2) is 30.3 Å². The Morgan fingerprint density at radius 2 is 2.10 bits per heavy atom. The van der Waals surface area contributed by atoms with Gasteiger partial charge in [-0.1, -0.05) is 24.1 Å². The molecule has 1 amide bonds. The van der Waals surface area contributed by atoms with Gasteiger partial charge in [0.2, 0.25) is 5.91 Å². The van der Waals surface area contributed by atoms with Crippen LogP contribution >= 0.6 is 0 Å². The van der Waals surface area contributed by atoms with E-state index in [1.807, 2.05) is 0 Å². The van der Waals surface area contributed by atoms with E-state index in [0.29, 0.717) is 16.7 Å². The molecule has 21 heavy (non-hydrogen) atoms. The van der Waals surface area contributed by atoms with E-state index in [4.69, 9.17) is 17.3 Å². The Hall–Kier alpha value is -3.07. The number of nitrogens with zero attached hydrogens (tertiary/aromatic N) is 2. The summed E-state index contributed by atoms with van der Waals surface area (Å²) >= 11 is 0. The van der Waals surface area contributed by atoms with Crippen LogP contribution in [0, 0.1) is 12.3 Å². The Morgan fingerprint density at radius 1 is 1.38 bits per heavy atom. The van der Waals surface area contributed by atoms with E-state index < -0.39 is 11.9 Å². The van der Waals surface area contributed by atoms with E-state index >= 15 is 0 Å². The molecule has 2 rings (SSSR count). The van der Waals surface area contributed by atoms with Crippen molar-refractivity contribution >= 4 is 28.6 Å². The summed E-state index contributed by atoms with van der Waals surface area (Å²) in [5.74, 6) is 1.04. The third-order valence-electron chi connectivity index (χ3n) is 2.90. The first-order chi connectivity index (χ1) is 10.0. The van der Waals surface area contributed by atoms with Crippen LogP contribution in [0.3, 0.4) is 0 Å². The quantitative estimate of drug-likeness (QED) is 0.793. The molecule has 0 aliphatic carbocycles. The van der Waals surface area contributed by atoms with Crippen LogP contribution in [0.1, 0.15) is 10.4 Å². The van der Waals surface area contributed by atoms with Crippen molar-refractivity contribution in [2.45, 2.75) is 0 Å². The third-order valence-corrected chi connectivity index (χ3v) is 2.90. The second-order valence-electron chi connectivity index (χ2n) is 4.36. The summed E-state index contributed by atoms with van der Waals surface area (Å²) in [5, 5.41) is 9.55. The lowest BCUT2D eigenvalue weighted by atomic mass is 10.1. The zero-order valence-corrected chi connectivity index (χ0v) is 11.1. The third kappa shape index (κ3) is 3.09. The summed E-state index contributed by atoms with van der Waals surface area (Å²) in [4.78, 5) is 28.2. The van der Waals surface area contributed by atoms with Gasteiger partial charge in [0.05, 0.1) is 17.6 Å². The van der Waals surface area contributed by atoms with Crippen LogP contribution in [0.2, 0.25) is 0 Å². The van der Waals surface area contributed by atoms with Crippen molar-refractivity contribution in [3.8, 4) is 12.3 Å². The number of primary amides is 1. The number of pyridine rings is 1. The number of nitrogens with two attached hydrogens (primary N) is 1. The second kappa shape index (κ2) is 5.92. The molecule has 0 saturated heterocycles. The molecule has 3 N–H and O–H groups in total. The number of hydrogen-bond acceptors (Lipinski definition) is 4. The molecule has 0 fully saturated rings. The Morgan fingerprint density at radius 3 is 2.71 bits per heavy atom. The van der Waals surface area contributed by atoms with Crippen molar-refractivity contribution in [3.05, 3.63) is 35.9 Å². The van der Waals surface area contributed by atoms with Crippen LogP contribution in [0.25, 0.3) is 10.9 Å². The number of anilines is 1. The SMILES string of the molecule is C#CCN(CC(=O)O)c1cc(C(N)=O)c2ccccc2n1. The van der Waals surface area contributed by atoms with Crippen molar-refractivity contribution in [3.63, 3.8) is 0 Å². The number of fused-ring (bicyclic) bond motifs is 1. The molecule has 2 aromatic rings. The summed E-state index contributed by atoms with van der Waals surface area (Å²) in [6.07, 6.45) is 5.25. The number of amides is 1. The first-order valence-corrected chi connectivity index (χ1v) is 6.12. The highest BCUT2D eigenvalue weighted by molar-refractivity contribution is 6.06. The Kier molecular flexibility index (Phi) is 4.05. The van der Waals surface area contributed by atoms with Gasteiger partial charge in [0.25, 0.3) is 0 Å². The summed E-state index contributed by atoms with van der Waals surface area (Å²) in [7, 11) is 0. The molecular formula is C15H13N3O3. The van der Waals surface area contributed by atoms with Gasteiger partial charge in [-0.15, -0.1) is 6.42 Å². The second-order valence-corrected chi connectivity index (χ2v) is 4.36. The lowest BCUT2D eigenvalue weighted by molar-refractivity contribution is -0.135. The lowest BCUT2D eigenvalue weighted by Gasteiger charge is -2.20. The number of terminal acetylenes is 1. The molecule has 6 nitrogen and oxygen atoms in total. The highest BCUT2D eigenvalue weighted by Gasteiger charge is 2.16. The van der Waals surface area contributed by atoms with Crippen molar-refractivity contribution in [1.82, 2.24) is 4.98 Å². The molecule has 1 aromatic carbocycles. The van der Waals surface area contributed by atoms with E-state index in [1.165, 1.54) is 11.0 Å². The van der Waals surface area contributed by atoms with E-state index in [1.54, 1.807) is 24.3 Å². The molecule has 0 radical (unpaired) electrons. The molecule has 0 atom stereocenters. The highest BCUT2D eigenvalue weighted by Crippen LogP contribution is 2.22. The molecule has 6 heteroatoms. The number of benzene rings is 1. The van der Waals surface area contributed by atoms with Crippen LogP contribution in [-0.2, 0) is 4.79 Å². The van der Waals surface area contributed by atoms with Crippen LogP contribution < -0.4 is 10.6 Å². The Bertz CT molecular complexity index is 749. The number of para-hydroxylation sites is 1. The molecule has 0 aliphatic rings. The maximum Gasteiger partial charge on any atom is 0.323 e. The number of aliphatic carboxylic acids is 1. The standard InChI is InChI=1S/C15H13N3O3/c1-2-7-18(9-14(19)20)13-8-11(15(16)21)10-5-3-4-6-12(10)17-13/h1,3-6,8H,7,9H2,(H2,16,21)(H,19,20). The average Bonchev–Trinajstić information content (AvgIpc) is 2.45. The Balaban J connectivity index is 2.60. The summed E-state index contributed by atoms with van der Waals surface area (Å²) in [5.41, 5.74) is 6.21. The molecule has 106 valence electrons. The number of carbonyl (C=O) groups excluding carboxylic acids is 1. The van der Waals surface area contributed by atoms with Crippen LogP contribution in [0.5, 0.6) is 0 Å². The summed E-state index contributed by atoms with van der Waals surface area (Å²) in [6, 6.07) is 8.46. The van der Waals surface area contributed by atoms with Gasteiger partial charge in [0.15, 0.2) is 0 Å². The fourth-order valence-electron chi connectivity index (χ4n) is 2.02. The van der Waals surface area contributed by atoms with Crippen molar-refractivity contribution < 1.29 is 14.7 Å². The number of carboxylic acid groups (broad SMARTS) is 1. The van der Waals surface area contributed by atoms with E-state index in [-0.39, 0.29) is 18.7 Å². The highest BCUT2D eigenvalue weighted by atomic mass is 16.4. The van der Waals surface area contributed by atoms with E-state index in [0.717, 1.165) is 0 Å². The zero-order chi connectivity index (χ0) is 15.4. The predicted octanol–water partition coefficient (Wildman–Crippen LogP) is 0.858. The fourth-order valence-corrected chi connectivity index (χ4v) is 2.02. The fraction of sp³-hybridized carbons (Fsp3) is 0.133. The number of hydrogen-bond donors (Lipinski definition) is 2. The van der Waals surface area contributed by atoms with Gasteiger partial charge >= 0.3 is 5.97 Å². The minimum Gasteiger partial charge on any atom is -0.480 e. The Labute approximate surface area is 121 Å². The lowest BCUT2D eigenvalue weighted by Crippen LogP contribution is -2.31. The average molecular weight is 283 g/mol. The maximum atomic E-state index is 11.6. The summed E-state index contributed by atoms with van der Waals surface area (Å²) in [6.45, 7) is -0.246. The predicted molar refractivity (Wildman–Crippen MR) is 78.9 cm³/mol. The molecule has 0 bridgehead atoms. The normalized spacial score (nSPS) is 10.0. The van der Waals surface area contributed by atoms with Crippen molar-refractivity contribution in [2.24, 2.45) is 5.73 Å². The van der Waals surface area contributed by atoms with Crippen LogP contribution in [0.4, 0.5) is 5.82 Å². The largest absolute Gasteiger partial charge is 0.480 e. The maximum absolute atomic E-state index is 11.6. The molecule has 0 saturated carbocycles. The van der Waals surface area contributed by atoms with Gasteiger partial charge in [0, 0.05) is 5.39 Å². The zero-order valence-electron chi connectivity index (χ0n) is 11.1. The van der Waals surface area contributed by atoms with Gasteiger partial charge in [0.1, 0.15) is 12.4 Å². The van der Waals surface area contributed by atoms with Crippen LogP contribution in [-0.4, -0.2) is 35.1 Å². The molecule has 1 aromatic heterocycles. The minimum atomic E-state index is -1.04. The van der Waals surface area contributed by atoms with Gasteiger partial charge in [-0.3, -0.25) is 9.59 Å².